The summed E-state index contributed by atoms with van der Waals surface area (Å²) in [6.07, 6.45) is 1.20. The minimum absolute atomic E-state index is 0. The number of carbonyl (C=O) groups is 1. The van der Waals surface area contributed by atoms with Crippen LogP contribution in [0.4, 0.5) is 5.69 Å². The highest BCUT2D eigenvalue weighted by Crippen LogP contribution is 2.20. The Morgan fingerprint density at radius 1 is 1.26 bits per heavy atom. The van der Waals surface area contributed by atoms with Crippen molar-refractivity contribution in [3.63, 3.8) is 0 Å². The number of hydrogen-bond donors (Lipinski definition) is 3. The number of thiazole rings is 1. The van der Waals surface area contributed by atoms with Crippen LogP contribution in [0.25, 0.3) is 0 Å². The number of nitrogens with one attached hydrogen (secondary N) is 3. The van der Waals surface area contributed by atoms with E-state index in [1.54, 1.807) is 18.4 Å². The molecule has 0 saturated carbocycles. The van der Waals surface area contributed by atoms with Crippen LogP contribution in [0.5, 0.6) is 0 Å². The third-order valence-electron chi connectivity index (χ3n) is 3.68. The van der Waals surface area contributed by atoms with Crippen molar-refractivity contribution in [2.24, 2.45) is 4.99 Å². The normalized spacial score (nSPS) is 10.9. The fraction of sp³-hybridized carbons (Fsp3) is 0.389. The van der Waals surface area contributed by atoms with E-state index in [2.05, 4.69) is 47.2 Å². The third kappa shape index (κ3) is 8.56. The van der Waals surface area contributed by atoms with Gasteiger partial charge in [-0.15, -0.1) is 35.3 Å². The fourth-order valence-corrected chi connectivity index (χ4v) is 3.30. The summed E-state index contributed by atoms with van der Waals surface area (Å²) in [5, 5.41) is 12.5. The van der Waals surface area contributed by atoms with Crippen molar-refractivity contribution in [3.8, 4) is 0 Å². The Morgan fingerprint density at radius 2 is 2.00 bits per heavy atom. The van der Waals surface area contributed by atoms with Crippen molar-refractivity contribution in [1.29, 1.82) is 0 Å². The molecule has 2 rings (SSSR count). The molecule has 6 nitrogen and oxygen atoms in total. The Hall–Kier alpha value is -1.20. The summed E-state index contributed by atoms with van der Waals surface area (Å²) in [5.74, 6) is 0.649. The topological polar surface area (TPSA) is 78.4 Å². The number of carbonyl (C=O) groups excluding carboxylic acids is 1. The maximum atomic E-state index is 12.1. The molecule has 0 radical (unpaired) electrons. The predicted molar refractivity (Wildman–Crippen MR) is 127 cm³/mol. The first-order valence-corrected chi connectivity index (χ1v) is 10.1. The maximum absolute atomic E-state index is 12.1. The van der Waals surface area contributed by atoms with Crippen LogP contribution in [0.2, 0.25) is 0 Å². The summed E-state index contributed by atoms with van der Waals surface area (Å²) in [4.78, 5) is 20.7. The van der Waals surface area contributed by atoms with E-state index in [0.717, 1.165) is 39.4 Å². The highest BCUT2D eigenvalue weighted by atomic mass is 127. The molecule has 0 fully saturated rings. The van der Waals surface area contributed by atoms with Crippen LogP contribution in [0.3, 0.4) is 0 Å². The standard InChI is InChI=1S/C18H24BrN5OS.HI/c1-12-4-5-14(19)10-16(12)24-17(25)7-9-22-18(20-3)21-8-6-15-11-26-13(2)23-15;/h4-5,10-11H,6-9H2,1-3H3,(H,24,25)(H2,20,21,22);1H. The molecule has 148 valence electrons. The number of guanidine groups is 1. The van der Waals surface area contributed by atoms with Crippen molar-refractivity contribution in [1.82, 2.24) is 15.6 Å². The molecule has 2 aromatic rings. The van der Waals surface area contributed by atoms with Gasteiger partial charge >= 0.3 is 0 Å². The lowest BCUT2D eigenvalue weighted by atomic mass is 10.2. The second-order valence-corrected chi connectivity index (χ2v) is 7.77. The van der Waals surface area contributed by atoms with Crippen molar-refractivity contribution in [2.45, 2.75) is 26.7 Å². The zero-order valence-corrected chi connectivity index (χ0v) is 20.4. The van der Waals surface area contributed by atoms with Crippen LogP contribution in [0.15, 0.2) is 33.0 Å². The predicted octanol–water partition coefficient (Wildman–Crippen LogP) is 3.88. The molecule has 1 heterocycles. The van der Waals surface area contributed by atoms with Crippen LogP contribution >= 0.6 is 51.2 Å². The van der Waals surface area contributed by atoms with Gasteiger partial charge in [0.1, 0.15) is 0 Å². The molecule has 0 aliphatic carbocycles. The SMILES string of the molecule is CN=C(NCCC(=O)Nc1cc(Br)ccc1C)NCCc1csc(C)n1.I. The summed E-state index contributed by atoms with van der Waals surface area (Å²) >= 11 is 5.07. The minimum Gasteiger partial charge on any atom is -0.356 e. The van der Waals surface area contributed by atoms with Gasteiger partial charge in [-0.3, -0.25) is 9.79 Å². The fourth-order valence-electron chi connectivity index (χ4n) is 2.29. The smallest absolute Gasteiger partial charge is 0.226 e. The Morgan fingerprint density at radius 3 is 2.67 bits per heavy atom. The second kappa shape index (κ2) is 12.3. The van der Waals surface area contributed by atoms with E-state index >= 15 is 0 Å². The van der Waals surface area contributed by atoms with Gasteiger partial charge < -0.3 is 16.0 Å². The molecule has 9 heteroatoms. The van der Waals surface area contributed by atoms with Gasteiger partial charge in [0, 0.05) is 48.5 Å². The lowest BCUT2D eigenvalue weighted by Gasteiger charge is -2.12. The highest BCUT2D eigenvalue weighted by Gasteiger charge is 2.06. The van der Waals surface area contributed by atoms with Gasteiger partial charge in [0.25, 0.3) is 0 Å². The first kappa shape index (κ1) is 23.8. The van der Waals surface area contributed by atoms with E-state index in [0.29, 0.717) is 18.9 Å². The van der Waals surface area contributed by atoms with E-state index in [4.69, 9.17) is 0 Å². The Balaban J connectivity index is 0.00000364. The van der Waals surface area contributed by atoms with E-state index in [1.165, 1.54) is 0 Å². The number of aromatic nitrogens is 1. The van der Waals surface area contributed by atoms with Gasteiger partial charge in [-0.25, -0.2) is 4.98 Å². The molecule has 0 bridgehead atoms. The molecule has 1 aromatic heterocycles. The zero-order chi connectivity index (χ0) is 18.9. The number of aryl methyl sites for hydroxylation is 2. The van der Waals surface area contributed by atoms with E-state index < -0.39 is 0 Å². The first-order valence-electron chi connectivity index (χ1n) is 8.39. The van der Waals surface area contributed by atoms with Gasteiger partial charge in [-0.2, -0.15) is 0 Å². The first-order chi connectivity index (χ1) is 12.5. The monoisotopic (exact) mass is 565 g/mol. The molecule has 27 heavy (non-hydrogen) atoms. The molecule has 3 N–H and O–H groups in total. The van der Waals surface area contributed by atoms with E-state index in [9.17, 15) is 4.79 Å². The number of benzene rings is 1. The average Bonchev–Trinajstić information content (AvgIpc) is 3.02. The molecular formula is C18H25BrIN5OS. The summed E-state index contributed by atoms with van der Waals surface area (Å²) in [6.45, 7) is 5.22. The lowest BCUT2D eigenvalue weighted by molar-refractivity contribution is -0.116. The van der Waals surface area contributed by atoms with Crippen LogP contribution in [-0.2, 0) is 11.2 Å². The summed E-state index contributed by atoms with van der Waals surface area (Å²) in [6, 6.07) is 5.82. The number of aliphatic imine (C=N–C) groups is 1. The number of amides is 1. The van der Waals surface area contributed by atoms with E-state index in [1.807, 2.05) is 32.0 Å². The number of halogens is 2. The van der Waals surface area contributed by atoms with E-state index in [-0.39, 0.29) is 29.9 Å². The van der Waals surface area contributed by atoms with Crippen molar-refractivity contribution >= 4 is 68.8 Å². The quantitative estimate of drug-likeness (QED) is 0.270. The largest absolute Gasteiger partial charge is 0.356 e. The summed E-state index contributed by atoms with van der Waals surface area (Å²) in [5.41, 5.74) is 2.94. The summed E-state index contributed by atoms with van der Waals surface area (Å²) in [7, 11) is 1.72. The number of rotatable bonds is 7. The number of hydrogen-bond acceptors (Lipinski definition) is 4. The van der Waals surface area contributed by atoms with Crippen molar-refractivity contribution < 1.29 is 4.79 Å². The molecule has 0 aliphatic rings. The Bertz CT molecular complexity index is 781. The number of anilines is 1. The number of nitrogens with zero attached hydrogens (tertiary/aromatic N) is 2. The van der Waals surface area contributed by atoms with Crippen LogP contribution in [0.1, 0.15) is 22.7 Å². The average molecular weight is 566 g/mol. The molecule has 0 saturated heterocycles. The molecule has 0 atom stereocenters. The minimum atomic E-state index is -0.0351. The molecule has 0 spiro atoms. The van der Waals surface area contributed by atoms with Gasteiger partial charge in [0.05, 0.1) is 10.7 Å². The third-order valence-corrected chi connectivity index (χ3v) is 5.00. The van der Waals surface area contributed by atoms with Crippen molar-refractivity contribution in [2.75, 3.05) is 25.5 Å². The molecule has 0 unspecified atom stereocenters. The Labute approximate surface area is 189 Å². The van der Waals surface area contributed by atoms with Gasteiger partial charge in [-0.1, -0.05) is 22.0 Å². The Kier molecular flexibility index (Phi) is 10.9. The van der Waals surface area contributed by atoms with Crippen LogP contribution in [0, 0.1) is 13.8 Å². The second-order valence-electron chi connectivity index (χ2n) is 5.79. The van der Waals surface area contributed by atoms with Crippen molar-refractivity contribution in [3.05, 3.63) is 44.3 Å². The molecule has 0 aliphatic heterocycles. The molecule has 1 aromatic carbocycles. The van der Waals surface area contributed by atoms with Gasteiger partial charge in [0.15, 0.2) is 5.96 Å². The van der Waals surface area contributed by atoms with Crippen LogP contribution < -0.4 is 16.0 Å². The lowest BCUT2D eigenvalue weighted by Crippen LogP contribution is -2.39. The van der Waals surface area contributed by atoms with Gasteiger partial charge in [0.2, 0.25) is 5.91 Å². The highest BCUT2D eigenvalue weighted by molar-refractivity contribution is 14.0. The zero-order valence-electron chi connectivity index (χ0n) is 15.6. The maximum Gasteiger partial charge on any atom is 0.226 e. The molecule has 1 amide bonds. The molecular weight excluding hydrogens is 541 g/mol. The summed E-state index contributed by atoms with van der Waals surface area (Å²) < 4.78 is 0.941. The van der Waals surface area contributed by atoms with Gasteiger partial charge in [-0.05, 0) is 31.5 Å². The van der Waals surface area contributed by atoms with Crippen LogP contribution in [-0.4, -0.2) is 37.0 Å².